The van der Waals surface area contributed by atoms with E-state index >= 15 is 0 Å². The van der Waals surface area contributed by atoms with E-state index in [0.717, 1.165) is 0 Å². The Bertz CT molecular complexity index is 381. The first-order valence-corrected chi connectivity index (χ1v) is 5.06. The molecule has 0 saturated heterocycles. The maximum atomic E-state index is 10.4. The topological polar surface area (TPSA) is 97.5 Å². The number of primary amides is 1. The van der Waals surface area contributed by atoms with Crippen molar-refractivity contribution in [3.05, 3.63) is 30.3 Å². The summed E-state index contributed by atoms with van der Waals surface area (Å²) in [4.78, 5) is 9.15. The quantitative estimate of drug-likeness (QED) is 0.666. The first-order valence-electron chi connectivity index (χ1n) is 3.62. The number of nitrogens with two attached hydrogens (primary N) is 1. The first kappa shape index (κ1) is 12.6. The molecular formula is C8H11NO4S. The predicted molar refractivity (Wildman–Crippen MR) is 51.1 cm³/mol. The summed E-state index contributed by atoms with van der Waals surface area (Å²) in [5, 5.41) is 0. The zero-order valence-corrected chi connectivity index (χ0v) is 8.36. The van der Waals surface area contributed by atoms with Crippen molar-refractivity contribution >= 4 is 16.0 Å². The third kappa shape index (κ3) is 6.15. The third-order valence-electron chi connectivity index (χ3n) is 1.04. The van der Waals surface area contributed by atoms with Crippen LogP contribution in [-0.4, -0.2) is 18.9 Å². The van der Waals surface area contributed by atoms with E-state index in [1.807, 2.05) is 0 Å². The number of rotatable bonds is 1. The van der Waals surface area contributed by atoms with Crippen LogP contribution < -0.4 is 5.73 Å². The van der Waals surface area contributed by atoms with Crippen LogP contribution in [0.5, 0.6) is 0 Å². The second-order valence-corrected chi connectivity index (χ2v) is 3.82. The van der Waals surface area contributed by atoms with E-state index in [2.05, 4.69) is 5.73 Å². The highest BCUT2D eigenvalue weighted by Gasteiger charge is 2.05. The number of carbonyl (C=O) groups excluding carboxylic acids is 1. The van der Waals surface area contributed by atoms with Gasteiger partial charge in [0.1, 0.15) is 0 Å². The Balaban J connectivity index is 0.000000364. The smallest absolute Gasteiger partial charge is 0.294 e. The van der Waals surface area contributed by atoms with Crippen molar-refractivity contribution in [3.63, 3.8) is 0 Å². The minimum Gasteiger partial charge on any atom is -0.370 e. The second kappa shape index (κ2) is 5.36. The Hall–Kier alpha value is -1.40. The summed E-state index contributed by atoms with van der Waals surface area (Å²) < 4.78 is 29.2. The minimum absolute atomic E-state index is 0.0741. The molecule has 0 heterocycles. The summed E-state index contributed by atoms with van der Waals surface area (Å²) in [5.74, 6) is -0.333. The molecule has 78 valence electrons. The minimum atomic E-state index is -4.00. The highest BCUT2D eigenvalue weighted by atomic mass is 32.2. The second-order valence-electron chi connectivity index (χ2n) is 2.40. The van der Waals surface area contributed by atoms with E-state index in [1.165, 1.54) is 19.1 Å². The molecule has 1 aromatic rings. The number of hydrogen-bond donors (Lipinski definition) is 2. The molecule has 0 aromatic heterocycles. The molecule has 0 bridgehead atoms. The van der Waals surface area contributed by atoms with Crippen LogP contribution in [0.1, 0.15) is 6.92 Å². The molecule has 0 radical (unpaired) electrons. The molecule has 1 amide bonds. The normalized spacial score (nSPS) is 9.86. The molecule has 0 aliphatic carbocycles. The monoisotopic (exact) mass is 217 g/mol. The summed E-state index contributed by atoms with van der Waals surface area (Å²) in [6.45, 7) is 1.31. The van der Waals surface area contributed by atoms with Crippen LogP contribution in [0.3, 0.4) is 0 Å². The lowest BCUT2D eigenvalue weighted by Crippen LogP contribution is -2.01. The van der Waals surface area contributed by atoms with Gasteiger partial charge in [0.25, 0.3) is 10.1 Å². The SMILES string of the molecule is CC(N)=O.O=S(=O)(O)c1ccccc1. The molecule has 0 fully saturated rings. The van der Waals surface area contributed by atoms with Crippen LogP contribution in [0, 0.1) is 0 Å². The highest BCUT2D eigenvalue weighted by molar-refractivity contribution is 7.85. The average molecular weight is 217 g/mol. The Labute approximate surface area is 82.3 Å². The zero-order valence-electron chi connectivity index (χ0n) is 7.54. The van der Waals surface area contributed by atoms with Gasteiger partial charge in [-0.25, -0.2) is 0 Å². The Morgan fingerprint density at radius 1 is 1.29 bits per heavy atom. The van der Waals surface area contributed by atoms with Crippen LogP contribution in [-0.2, 0) is 14.9 Å². The van der Waals surface area contributed by atoms with Crippen LogP contribution >= 0.6 is 0 Å². The lowest BCUT2D eigenvalue weighted by Gasteiger charge is -1.92. The van der Waals surface area contributed by atoms with E-state index in [0.29, 0.717) is 0 Å². The van der Waals surface area contributed by atoms with Gasteiger partial charge < -0.3 is 5.73 Å². The fourth-order valence-corrected chi connectivity index (χ4v) is 1.09. The molecule has 14 heavy (non-hydrogen) atoms. The van der Waals surface area contributed by atoms with E-state index in [4.69, 9.17) is 4.55 Å². The summed E-state index contributed by atoms with van der Waals surface area (Å²) in [7, 11) is -4.00. The van der Waals surface area contributed by atoms with Gasteiger partial charge in [0.15, 0.2) is 0 Å². The lowest BCUT2D eigenvalue weighted by molar-refractivity contribution is -0.115. The zero-order chi connectivity index (χ0) is 11.2. The molecule has 0 atom stereocenters. The number of carbonyl (C=O) groups is 1. The van der Waals surface area contributed by atoms with Crippen molar-refractivity contribution < 1.29 is 17.8 Å². The largest absolute Gasteiger partial charge is 0.370 e. The first-order chi connectivity index (χ1) is 6.34. The molecule has 3 N–H and O–H groups in total. The average Bonchev–Trinajstić information content (AvgIpc) is 2.03. The molecule has 0 spiro atoms. The fourth-order valence-electron chi connectivity index (χ4n) is 0.592. The Morgan fingerprint density at radius 2 is 1.64 bits per heavy atom. The van der Waals surface area contributed by atoms with Gasteiger partial charge in [-0.2, -0.15) is 8.42 Å². The molecule has 0 aliphatic rings. The van der Waals surface area contributed by atoms with Gasteiger partial charge >= 0.3 is 0 Å². The van der Waals surface area contributed by atoms with Crippen molar-refractivity contribution in [2.75, 3.05) is 0 Å². The lowest BCUT2D eigenvalue weighted by atomic mass is 10.4. The van der Waals surface area contributed by atoms with Crippen LogP contribution in [0.4, 0.5) is 0 Å². The summed E-state index contributed by atoms with van der Waals surface area (Å²) in [6.07, 6.45) is 0. The molecule has 0 unspecified atom stereocenters. The predicted octanol–water partition coefficient (Wildman–Crippen LogP) is 0.425. The fraction of sp³-hybridized carbons (Fsp3) is 0.125. The van der Waals surface area contributed by atoms with E-state index < -0.39 is 10.1 Å². The number of amides is 1. The molecule has 6 heteroatoms. The molecule has 5 nitrogen and oxygen atoms in total. The van der Waals surface area contributed by atoms with E-state index in [-0.39, 0.29) is 10.8 Å². The molecule has 0 aliphatic heterocycles. The van der Waals surface area contributed by atoms with Gasteiger partial charge in [-0.3, -0.25) is 9.35 Å². The van der Waals surface area contributed by atoms with Crippen molar-refractivity contribution in [2.45, 2.75) is 11.8 Å². The highest BCUT2D eigenvalue weighted by Crippen LogP contribution is 2.05. The maximum absolute atomic E-state index is 10.4. The summed E-state index contributed by atoms with van der Waals surface area (Å²) in [5.41, 5.74) is 4.47. The van der Waals surface area contributed by atoms with Crippen molar-refractivity contribution in [1.82, 2.24) is 0 Å². The summed E-state index contributed by atoms with van der Waals surface area (Å²) in [6, 6.07) is 7.42. The van der Waals surface area contributed by atoms with Gasteiger partial charge in [0.05, 0.1) is 4.90 Å². The third-order valence-corrected chi connectivity index (χ3v) is 1.91. The van der Waals surface area contributed by atoms with E-state index in [9.17, 15) is 13.2 Å². The Morgan fingerprint density at radius 3 is 1.86 bits per heavy atom. The van der Waals surface area contributed by atoms with Gasteiger partial charge in [0, 0.05) is 6.92 Å². The van der Waals surface area contributed by atoms with Gasteiger partial charge in [-0.1, -0.05) is 18.2 Å². The molecule has 1 rings (SSSR count). The van der Waals surface area contributed by atoms with Gasteiger partial charge in [-0.05, 0) is 12.1 Å². The van der Waals surface area contributed by atoms with Crippen LogP contribution in [0.2, 0.25) is 0 Å². The van der Waals surface area contributed by atoms with Gasteiger partial charge in [0.2, 0.25) is 5.91 Å². The van der Waals surface area contributed by atoms with Crippen molar-refractivity contribution in [3.8, 4) is 0 Å². The van der Waals surface area contributed by atoms with Crippen molar-refractivity contribution in [1.29, 1.82) is 0 Å². The molecule has 1 aromatic carbocycles. The van der Waals surface area contributed by atoms with Crippen LogP contribution in [0.25, 0.3) is 0 Å². The van der Waals surface area contributed by atoms with E-state index in [1.54, 1.807) is 18.2 Å². The maximum Gasteiger partial charge on any atom is 0.294 e. The summed E-state index contributed by atoms with van der Waals surface area (Å²) >= 11 is 0. The number of benzene rings is 1. The van der Waals surface area contributed by atoms with Crippen molar-refractivity contribution in [2.24, 2.45) is 5.73 Å². The molecule has 0 saturated carbocycles. The standard InChI is InChI=1S/C6H6O3S.C2H5NO/c7-10(8,9)6-4-2-1-3-5-6;1-2(3)4/h1-5H,(H,7,8,9);1H3,(H2,3,4). The number of hydrogen-bond acceptors (Lipinski definition) is 3. The van der Waals surface area contributed by atoms with Crippen LogP contribution in [0.15, 0.2) is 35.2 Å². The molecular weight excluding hydrogens is 206 g/mol. The Kier molecular flexibility index (Phi) is 4.82. The van der Waals surface area contributed by atoms with Gasteiger partial charge in [-0.15, -0.1) is 0 Å².